The van der Waals surface area contributed by atoms with Crippen molar-refractivity contribution in [2.24, 2.45) is 0 Å². The molecule has 0 spiro atoms. The second-order valence-corrected chi connectivity index (χ2v) is 4.67. The Bertz CT molecular complexity index is 348. The summed E-state index contributed by atoms with van der Waals surface area (Å²) >= 11 is 5.95. The molecule has 0 bridgehead atoms. The van der Waals surface area contributed by atoms with Crippen LogP contribution in [0.15, 0.2) is 12.3 Å². The normalized spacial score (nSPS) is 17.6. The molecule has 0 amide bonds. The van der Waals surface area contributed by atoms with E-state index in [-0.39, 0.29) is 0 Å². The van der Waals surface area contributed by atoms with Gasteiger partial charge in [0.1, 0.15) is 0 Å². The first kappa shape index (κ1) is 11.8. The summed E-state index contributed by atoms with van der Waals surface area (Å²) in [4.78, 5) is 6.82. The molecule has 1 aliphatic rings. The molecule has 1 aromatic rings. The van der Waals surface area contributed by atoms with Gasteiger partial charge in [0.2, 0.25) is 0 Å². The molecule has 1 aromatic heterocycles. The summed E-state index contributed by atoms with van der Waals surface area (Å²) in [5, 5.41) is 4.11. The summed E-state index contributed by atoms with van der Waals surface area (Å²) in [7, 11) is 0. The van der Waals surface area contributed by atoms with Crippen molar-refractivity contribution in [3.05, 3.63) is 28.5 Å². The molecular weight excluding hydrogens is 222 g/mol. The van der Waals surface area contributed by atoms with Gasteiger partial charge >= 0.3 is 0 Å². The minimum atomic E-state index is 0.755. The Morgan fingerprint density at radius 2 is 2.19 bits per heavy atom. The van der Waals surface area contributed by atoms with Crippen LogP contribution in [0.1, 0.15) is 11.3 Å². The summed E-state index contributed by atoms with van der Waals surface area (Å²) in [6.45, 7) is 7.62. The van der Waals surface area contributed by atoms with E-state index >= 15 is 0 Å². The second-order valence-electron chi connectivity index (χ2n) is 4.27. The lowest BCUT2D eigenvalue weighted by molar-refractivity contribution is 0.243. The smallest absolute Gasteiger partial charge is 0.0618 e. The maximum atomic E-state index is 5.95. The lowest BCUT2D eigenvalue weighted by atomic mass is 10.2. The highest BCUT2D eigenvalue weighted by Gasteiger charge is 2.09. The van der Waals surface area contributed by atoms with Gasteiger partial charge in [-0.05, 0) is 18.6 Å². The molecule has 2 heterocycles. The number of nitrogens with zero attached hydrogens (tertiary/aromatic N) is 2. The van der Waals surface area contributed by atoms with Gasteiger partial charge in [-0.1, -0.05) is 11.6 Å². The maximum absolute atomic E-state index is 5.95. The quantitative estimate of drug-likeness (QED) is 0.867. The standard InChI is InChI=1S/C12H18ClN3/c1-10-8-11(15-9-12(10)13)2-5-16-6-3-14-4-7-16/h8-9,14H,2-7H2,1H3. The Morgan fingerprint density at radius 1 is 1.44 bits per heavy atom. The lowest BCUT2D eigenvalue weighted by Gasteiger charge is -2.26. The van der Waals surface area contributed by atoms with Crippen LogP contribution < -0.4 is 5.32 Å². The molecule has 4 heteroatoms. The molecular formula is C12H18ClN3. The third-order valence-corrected chi connectivity index (χ3v) is 3.39. The minimum absolute atomic E-state index is 0.755. The molecule has 1 fully saturated rings. The highest BCUT2D eigenvalue weighted by Crippen LogP contribution is 2.14. The SMILES string of the molecule is Cc1cc(CCN2CCNCC2)ncc1Cl. The molecule has 0 saturated carbocycles. The van der Waals surface area contributed by atoms with Crippen LogP contribution in [0, 0.1) is 6.92 Å². The van der Waals surface area contributed by atoms with Gasteiger partial charge in [-0.15, -0.1) is 0 Å². The highest BCUT2D eigenvalue weighted by molar-refractivity contribution is 6.31. The zero-order valence-corrected chi connectivity index (χ0v) is 10.4. The zero-order valence-electron chi connectivity index (χ0n) is 9.67. The fourth-order valence-electron chi connectivity index (χ4n) is 1.94. The van der Waals surface area contributed by atoms with Crippen molar-refractivity contribution in [3.8, 4) is 0 Å². The number of nitrogens with one attached hydrogen (secondary N) is 1. The average molecular weight is 240 g/mol. The first-order valence-corrected chi connectivity index (χ1v) is 6.17. The molecule has 0 atom stereocenters. The molecule has 2 rings (SSSR count). The van der Waals surface area contributed by atoms with Crippen molar-refractivity contribution >= 4 is 11.6 Å². The van der Waals surface area contributed by atoms with Crippen LogP contribution in [0.2, 0.25) is 5.02 Å². The summed E-state index contributed by atoms with van der Waals surface area (Å²) in [6.07, 6.45) is 2.77. The van der Waals surface area contributed by atoms with Crippen LogP contribution in [-0.4, -0.2) is 42.6 Å². The van der Waals surface area contributed by atoms with Crippen molar-refractivity contribution in [1.29, 1.82) is 0 Å². The summed E-state index contributed by atoms with van der Waals surface area (Å²) in [6, 6.07) is 2.09. The molecule has 0 aromatic carbocycles. The van der Waals surface area contributed by atoms with Crippen LogP contribution >= 0.6 is 11.6 Å². The van der Waals surface area contributed by atoms with E-state index < -0.39 is 0 Å². The average Bonchev–Trinajstić information content (AvgIpc) is 2.32. The van der Waals surface area contributed by atoms with Gasteiger partial charge in [-0.3, -0.25) is 4.98 Å². The van der Waals surface area contributed by atoms with Gasteiger partial charge in [0.05, 0.1) is 5.02 Å². The number of pyridine rings is 1. The Balaban J connectivity index is 1.86. The third-order valence-electron chi connectivity index (χ3n) is 3.00. The van der Waals surface area contributed by atoms with Crippen molar-refractivity contribution in [3.63, 3.8) is 0 Å². The Morgan fingerprint density at radius 3 is 2.88 bits per heavy atom. The van der Waals surface area contributed by atoms with E-state index in [9.17, 15) is 0 Å². The number of hydrogen-bond donors (Lipinski definition) is 1. The predicted molar refractivity (Wildman–Crippen MR) is 67.0 cm³/mol. The Hall–Kier alpha value is -0.640. The zero-order chi connectivity index (χ0) is 11.4. The van der Waals surface area contributed by atoms with E-state index in [0.29, 0.717) is 0 Å². The van der Waals surface area contributed by atoms with Crippen LogP contribution in [0.4, 0.5) is 0 Å². The van der Waals surface area contributed by atoms with Crippen LogP contribution in [0.5, 0.6) is 0 Å². The number of rotatable bonds is 3. The number of halogens is 1. The van der Waals surface area contributed by atoms with Gasteiger partial charge in [0.15, 0.2) is 0 Å². The minimum Gasteiger partial charge on any atom is -0.314 e. The van der Waals surface area contributed by atoms with Crippen molar-refractivity contribution in [1.82, 2.24) is 15.2 Å². The summed E-state index contributed by atoms with van der Waals surface area (Å²) in [5.41, 5.74) is 2.26. The van der Waals surface area contributed by atoms with Crippen LogP contribution in [0.3, 0.4) is 0 Å². The predicted octanol–water partition coefficient (Wildman–Crippen LogP) is 1.49. The van der Waals surface area contributed by atoms with Crippen molar-refractivity contribution < 1.29 is 0 Å². The molecule has 1 aliphatic heterocycles. The molecule has 88 valence electrons. The monoisotopic (exact) mass is 239 g/mol. The summed E-state index contributed by atoms with van der Waals surface area (Å²) < 4.78 is 0. The van der Waals surface area contributed by atoms with E-state index in [4.69, 9.17) is 11.6 Å². The van der Waals surface area contributed by atoms with Gasteiger partial charge in [-0.2, -0.15) is 0 Å². The topological polar surface area (TPSA) is 28.2 Å². The Labute approximate surface area is 102 Å². The Kier molecular flexibility index (Phi) is 4.16. The molecule has 3 nitrogen and oxygen atoms in total. The maximum Gasteiger partial charge on any atom is 0.0618 e. The molecule has 16 heavy (non-hydrogen) atoms. The molecule has 1 N–H and O–H groups in total. The van der Waals surface area contributed by atoms with Gasteiger partial charge in [-0.25, -0.2) is 0 Å². The van der Waals surface area contributed by atoms with E-state index in [1.807, 2.05) is 6.92 Å². The fourth-order valence-corrected chi connectivity index (χ4v) is 2.05. The van der Waals surface area contributed by atoms with E-state index in [1.54, 1.807) is 6.20 Å². The van der Waals surface area contributed by atoms with Crippen molar-refractivity contribution in [2.75, 3.05) is 32.7 Å². The van der Waals surface area contributed by atoms with Gasteiger partial charge in [0.25, 0.3) is 0 Å². The summed E-state index contributed by atoms with van der Waals surface area (Å²) in [5.74, 6) is 0. The number of aryl methyl sites for hydroxylation is 1. The van der Waals surface area contributed by atoms with E-state index in [0.717, 1.165) is 55.4 Å². The second kappa shape index (κ2) is 5.62. The lowest BCUT2D eigenvalue weighted by Crippen LogP contribution is -2.44. The van der Waals surface area contributed by atoms with Crippen molar-refractivity contribution in [2.45, 2.75) is 13.3 Å². The van der Waals surface area contributed by atoms with Crippen LogP contribution in [0.25, 0.3) is 0 Å². The third kappa shape index (κ3) is 3.17. The molecule has 1 saturated heterocycles. The highest BCUT2D eigenvalue weighted by atomic mass is 35.5. The first-order valence-electron chi connectivity index (χ1n) is 5.80. The molecule has 0 aliphatic carbocycles. The largest absolute Gasteiger partial charge is 0.314 e. The number of aromatic nitrogens is 1. The molecule has 0 radical (unpaired) electrons. The van der Waals surface area contributed by atoms with Crippen LogP contribution in [-0.2, 0) is 6.42 Å². The van der Waals surface area contributed by atoms with E-state index in [2.05, 4.69) is 21.3 Å². The number of piperazine rings is 1. The van der Waals surface area contributed by atoms with Gasteiger partial charge < -0.3 is 10.2 Å². The van der Waals surface area contributed by atoms with Gasteiger partial charge in [0, 0.05) is 51.0 Å². The van der Waals surface area contributed by atoms with E-state index in [1.165, 1.54) is 0 Å². The molecule has 0 unspecified atom stereocenters. The fraction of sp³-hybridized carbons (Fsp3) is 0.583. The number of hydrogen-bond acceptors (Lipinski definition) is 3. The first-order chi connectivity index (χ1) is 7.75.